The number of nitrogens with zero attached hydrogens (tertiary/aromatic N) is 2. The molecule has 2 aromatic carbocycles. The van der Waals surface area contributed by atoms with E-state index in [4.69, 9.17) is 4.74 Å². The summed E-state index contributed by atoms with van der Waals surface area (Å²) in [5.74, 6) is -1.60. The third-order valence-electron chi connectivity index (χ3n) is 5.55. The monoisotopic (exact) mass is 483 g/mol. The minimum Gasteiger partial charge on any atom is -0.456 e. The van der Waals surface area contributed by atoms with E-state index in [2.05, 4.69) is 5.32 Å². The Labute approximate surface area is 197 Å². The first kappa shape index (κ1) is 23.3. The number of rotatable bonds is 7. The smallest absolute Gasteiger partial charge is 0.355 e. The molecule has 0 radical (unpaired) electrons. The molecule has 2 aliphatic heterocycles. The number of non-ortho nitro benzene ring substituents is 1. The molecule has 1 N–H and O–H groups in total. The highest BCUT2D eigenvalue weighted by Gasteiger charge is 2.56. The summed E-state index contributed by atoms with van der Waals surface area (Å²) in [5.41, 5.74) is 1.70. The molecule has 11 heteroatoms. The Morgan fingerprint density at radius 1 is 1.15 bits per heavy atom. The molecule has 4 rings (SSSR count). The minimum absolute atomic E-state index is 0.0186. The number of nitrogens with one attached hydrogen (secondary N) is 1. The van der Waals surface area contributed by atoms with Crippen molar-refractivity contribution in [2.75, 3.05) is 5.75 Å². The third kappa shape index (κ3) is 4.60. The van der Waals surface area contributed by atoms with Gasteiger partial charge in [-0.15, -0.1) is 0 Å². The van der Waals surface area contributed by atoms with Gasteiger partial charge in [-0.05, 0) is 35.8 Å². The molecular weight excluding hydrogens is 462 g/mol. The van der Waals surface area contributed by atoms with E-state index in [1.54, 1.807) is 31.2 Å². The van der Waals surface area contributed by atoms with Crippen molar-refractivity contribution in [3.63, 3.8) is 0 Å². The van der Waals surface area contributed by atoms with E-state index in [0.29, 0.717) is 11.1 Å². The molecule has 2 amide bonds. The number of carbonyl (C=O) groups excluding carboxylic acids is 3. The van der Waals surface area contributed by atoms with Gasteiger partial charge in [-0.2, -0.15) is 0 Å². The van der Waals surface area contributed by atoms with Crippen molar-refractivity contribution in [1.29, 1.82) is 0 Å². The summed E-state index contributed by atoms with van der Waals surface area (Å²) in [6.07, 6.45) is 0.0724. The van der Waals surface area contributed by atoms with Crippen LogP contribution in [0, 0.1) is 10.1 Å². The third-order valence-corrected chi connectivity index (χ3v) is 7.29. The quantitative estimate of drug-likeness (QED) is 0.273. The summed E-state index contributed by atoms with van der Waals surface area (Å²) in [4.78, 5) is 49.4. The maximum atomic E-state index is 12.8. The van der Waals surface area contributed by atoms with Gasteiger partial charge in [0.15, 0.2) is 0 Å². The predicted molar refractivity (Wildman–Crippen MR) is 121 cm³/mol. The second kappa shape index (κ2) is 9.56. The van der Waals surface area contributed by atoms with E-state index in [-0.39, 0.29) is 36.1 Å². The van der Waals surface area contributed by atoms with Gasteiger partial charge in [-0.3, -0.25) is 28.8 Å². The molecule has 2 aromatic rings. The summed E-state index contributed by atoms with van der Waals surface area (Å²) < 4.78 is 18.0. The second-order valence-corrected chi connectivity index (χ2v) is 9.49. The Morgan fingerprint density at radius 2 is 1.82 bits per heavy atom. The van der Waals surface area contributed by atoms with Gasteiger partial charge in [0, 0.05) is 17.9 Å². The van der Waals surface area contributed by atoms with Gasteiger partial charge in [0.05, 0.1) is 22.1 Å². The largest absolute Gasteiger partial charge is 0.456 e. The molecule has 34 heavy (non-hydrogen) atoms. The average molecular weight is 484 g/mol. The summed E-state index contributed by atoms with van der Waals surface area (Å²) in [6, 6.07) is 13.6. The van der Waals surface area contributed by atoms with Crippen LogP contribution in [0.3, 0.4) is 0 Å². The molecule has 10 nitrogen and oxygen atoms in total. The molecule has 3 atom stereocenters. The molecule has 1 fully saturated rings. The number of nitro benzene ring substituents is 1. The fourth-order valence-electron chi connectivity index (χ4n) is 3.89. The second-order valence-electron chi connectivity index (χ2n) is 7.96. The lowest BCUT2D eigenvalue weighted by Gasteiger charge is -2.49. The molecule has 1 saturated heterocycles. The average Bonchev–Trinajstić information content (AvgIpc) is 2.81. The number of hydrogen-bond acceptors (Lipinski definition) is 7. The Hall–Kier alpha value is -3.86. The highest BCUT2D eigenvalue weighted by Crippen LogP contribution is 2.35. The van der Waals surface area contributed by atoms with E-state index in [1.807, 2.05) is 6.07 Å². The maximum Gasteiger partial charge on any atom is 0.355 e. The van der Waals surface area contributed by atoms with E-state index in [9.17, 15) is 28.7 Å². The van der Waals surface area contributed by atoms with Crippen molar-refractivity contribution in [1.82, 2.24) is 10.2 Å². The van der Waals surface area contributed by atoms with Gasteiger partial charge in [0.2, 0.25) is 5.91 Å². The number of benzene rings is 2. The van der Waals surface area contributed by atoms with Gasteiger partial charge in [0.25, 0.3) is 11.6 Å². The lowest BCUT2D eigenvalue weighted by Crippen LogP contribution is -2.73. The van der Waals surface area contributed by atoms with Crippen molar-refractivity contribution in [3.8, 4) is 0 Å². The van der Waals surface area contributed by atoms with Crippen molar-refractivity contribution in [2.45, 2.75) is 31.4 Å². The number of esters is 1. The first-order valence-electron chi connectivity index (χ1n) is 10.4. The van der Waals surface area contributed by atoms with E-state index >= 15 is 0 Å². The highest BCUT2D eigenvalue weighted by atomic mass is 32.2. The molecule has 0 aliphatic carbocycles. The van der Waals surface area contributed by atoms with Crippen molar-refractivity contribution in [2.24, 2.45) is 0 Å². The number of amides is 2. The summed E-state index contributed by atoms with van der Waals surface area (Å²) in [6.45, 7) is 1.45. The normalized spacial score (nSPS) is 21.4. The molecule has 176 valence electrons. The zero-order chi connectivity index (χ0) is 24.4. The fraction of sp³-hybridized carbons (Fsp3) is 0.261. The van der Waals surface area contributed by atoms with Gasteiger partial charge in [-0.1, -0.05) is 30.3 Å². The van der Waals surface area contributed by atoms with E-state index in [0.717, 1.165) is 10.5 Å². The van der Waals surface area contributed by atoms with Crippen molar-refractivity contribution in [3.05, 3.63) is 87.1 Å². The molecule has 0 unspecified atom stereocenters. The number of ether oxygens (including phenoxy) is 1. The minimum atomic E-state index is -1.50. The Kier molecular flexibility index (Phi) is 6.55. The lowest BCUT2D eigenvalue weighted by molar-refractivity contribution is -0.384. The standard InChI is InChI=1S/C23H21N3O7S/c1-14-13-34(32)22-19(24-18(27)11-15-5-3-2-4-6-15)21(28)25(22)20(14)23(29)33-12-16-7-9-17(10-8-16)26(30)31/h2-10,19,22H,11-13H2,1H3,(H,24,27)/t19-,22-,34-/m1/s1. The Balaban J connectivity index is 1.42. The molecule has 2 aliphatic rings. The fourth-order valence-corrected chi connectivity index (χ4v) is 5.55. The number of fused-ring (bicyclic) bond motifs is 1. The van der Waals surface area contributed by atoms with Crippen molar-refractivity contribution >= 4 is 34.3 Å². The molecule has 0 aromatic heterocycles. The molecule has 2 heterocycles. The number of nitro groups is 1. The van der Waals surface area contributed by atoms with Crippen LogP contribution in [0.5, 0.6) is 0 Å². The number of carbonyl (C=O) groups is 3. The summed E-state index contributed by atoms with van der Waals surface area (Å²) in [5, 5.41) is 12.6. The van der Waals surface area contributed by atoms with Crippen molar-refractivity contribution < 1.29 is 28.3 Å². The topological polar surface area (TPSA) is 136 Å². The number of hydrogen-bond donors (Lipinski definition) is 1. The summed E-state index contributed by atoms with van der Waals surface area (Å²) in [7, 11) is -1.50. The van der Waals surface area contributed by atoms with E-state index in [1.165, 1.54) is 24.3 Å². The van der Waals surface area contributed by atoms with E-state index < -0.39 is 39.0 Å². The molecule has 0 bridgehead atoms. The van der Waals surface area contributed by atoms with Gasteiger partial charge in [0.1, 0.15) is 23.7 Å². The Morgan fingerprint density at radius 3 is 2.47 bits per heavy atom. The molecular formula is C23H21N3O7S. The van der Waals surface area contributed by atoms with Gasteiger partial charge >= 0.3 is 5.97 Å². The van der Waals surface area contributed by atoms with Crippen LogP contribution < -0.4 is 5.32 Å². The summed E-state index contributed by atoms with van der Waals surface area (Å²) >= 11 is 0. The zero-order valence-corrected chi connectivity index (χ0v) is 18.9. The van der Waals surface area contributed by atoms with Crippen LogP contribution in [0.15, 0.2) is 65.9 Å². The Bertz CT molecular complexity index is 1210. The lowest BCUT2D eigenvalue weighted by atomic mass is 10.0. The zero-order valence-electron chi connectivity index (χ0n) is 18.1. The van der Waals surface area contributed by atoms with Crippen LogP contribution in [0.4, 0.5) is 5.69 Å². The van der Waals surface area contributed by atoms with Crippen LogP contribution in [0.25, 0.3) is 0 Å². The first-order chi connectivity index (χ1) is 16.3. The first-order valence-corrected chi connectivity index (χ1v) is 11.8. The van der Waals surface area contributed by atoms with Crippen LogP contribution in [0.1, 0.15) is 18.1 Å². The molecule has 0 spiro atoms. The number of β-lactam (4-membered cyclic amide) rings is 1. The molecule has 0 saturated carbocycles. The van der Waals surface area contributed by atoms with Crippen LogP contribution in [0.2, 0.25) is 0 Å². The van der Waals surface area contributed by atoms with Crippen LogP contribution in [-0.2, 0) is 42.9 Å². The van der Waals surface area contributed by atoms with Crippen LogP contribution >= 0.6 is 0 Å². The SMILES string of the molecule is CC1=C(C(=O)OCc2ccc([N+](=O)[O-])cc2)N2C(=O)[C@@H](NC(=O)Cc3ccccc3)[C@H]2[S@](=O)C1. The van der Waals surface area contributed by atoms with Crippen LogP contribution in [-0.4, -0.2) is 49.0 Å². The predicted octanol–water partition coefficient (Wildman–Crippen LogP) is 1.57. The van der Waals surface area contributed by atoms with Gasteiger partial charge < -0.3 is 10.1 Å². The maximum absolute atomic E-state index is 12.8. The highest BCUT2D eigenvalue weighted by molar-refractivity contribution is 7.86. The van der Waals surface area contributed by atoms with Gasteiger partial charge in [-0.25, -0.2) is 4.79 Å².